The highest BCUT2D eigenvalue weighted by atomic mass is 32.2. The van der Waals surface area contributed by atoms with E-state index >= 15 is 0 Å². The molecule has 0 aromatic heterocycles. The Morgan fingerprint density at radius 3 is 2.53 bits per heavy atom. The summed E-state index contributed by atoms with van der Waals surface area (Å²) >= 11 is 1.83. The van der Waals surface area contributed by atoms with Crippen molar-refractivity contribution in [2.75, 3.05) is 40.8 Å². The Hall–Kier alpha value is -2.51. The molecule has 0 radical (unpaired) electrons. The lowest BCUT2D eigenvalue weighted by atomic mass is 10.1. The van der Waals surface area contributed by atoms with Crippen LogP contribution in [0.3, 0.4) is 0 Å². The zero-order valence-corrected chi connectivity index (χ0v) is 19.1. The summed E-state index contributed by atoms with van der Waals surface area (Å²) in [6, 6.07) is 18.1. The molecule has 0 saturated heterocycles. The molecule has 1 atom stereocenters. The third kappa shape index (κ3) is 8.88. The van der Waals surface area contributed by atoms with Crippen molar-refractivity contribution in [2.24, 2.45) is 4.99 Å². The van der Waals surface area contributed by atoms with Crippen LogP contribution in [0.25, 0.3) is 0 Å². The molecule has 7 heteroatoms. The Balaban J connectivity index is 1.79. The average molecular weight is 428 g/mol. The number of hydrogen-bond donors (Lipinski definition) is 3. The fourth-order valence-electron chi connectivity index (χ4n) is 2.74. The Morgan fingerprint density at radius 2 is 1.83 bits per heavy atom. The van der Waals surface area contributed by atoms with Crippen molar-refractivity contribution < 1.29 is 4.79 Å². The van der Waals surface area contributed by atoms with Crippen LogP contribution >= 0.6 is 11.8 Å². The molecule has 0 aliphatic carbocycles. The number of nitrogens with zero attached hydrogens (tertiary/aromatic N) is 2. The van der Waals surface area contributed by atoms with Gasteiger partial charge in [-0.25, -0.2) is 0 Å². The molecule has 0 bridgehead atoms. The third-order valence-electron chi connectivity index (χ3n) is 4.35. The lowest BCUT2D eigenvalue weighted by molar-refractivity contribution is 0.0951. The van der Waals surface area contributed by atoms with Gasteiger partial charge in [0.15, 0.2) is 5.96 Å². The number of thioether (sulfide) groups is 1. The number of hydrogen-bond acceptors (Lipinski definition) is 4. The first-order chi connectivity index (χ1) is 14.5. The molecular weight excluding hydrogens is 394 g/mol. The molecule has 2 rings (SSSR count). The lowest BCUT2D eigenvalue weighted by Crippen LogP contribution is -2.39. The summed E-state index contributed by atoms with van der Waals surface area (Å²) < 4.78 is 0. The van der Waals surface area contributed by atoms with Crippen molar-refractivity contribution in [1.29, 1.82) is 0 Å². The SMILES string of the molecule is CN=C(NCc1cccc(C(=O)NCCN(C)C)c1)NCC(C)Sc1ccccc1. The summed E-state index contributed by atoms with van der Waals surface area (Å²) in [5.41, 5.74) is 1.70. The van der Waals surface area contributed by atoms with Crippen molar-refractivity contribution in [3.8, 4) is 0 Å². The van der Waals surface area contributed by atoms with Gasteiger partial charge < -0.3 is 20.9 Å². The summed E-state index contributed by atoms with van der Waals surface area (Å²) in [4.78, 5) is 19.9. The smallest absolute Gasteiger partial charge is 0.251 e. The van der Waals surface area contributed by atoms with E-state index in [-0.39, 0.29) is 5.91 Å². The maximum atomic E-state index is 12.3. The first-order valence-electron chi connectivity index (χ1n) is 10.2. The number of carbonyl (C=O) groups is 1. The number of rotatable bonds is 10. The molecule has 1 unspecified atom stereocenters. The largest absolute Gasteiger partial charge is 0.355 e. The van der Waals surface area contributed by atoms with Crippen molar-refractivity contribution >= 4 is 23.6 Å². The standard InChI is InChI=1S/C23H33N5OS/c1-18(30-21-11-6-5-7-12-21)16-26-23(24-2)27-17-19-9-8-10-20(15-19)22(29)25-13-14-28(3)4/h5-12,15,18H,13-14,16-17H2,1-4H3,(H,25,29)(H2,24,26,27). The van der Waals surface area contributed by atoms with Crippen LogP contribution in [0.4, 0.5) is 0 Å². The van der Waals surface area contributed by atoms with E-state index in [1.54, 1.807) is 7.05 Å². The number of guanidine groups is 1. The van der Waals surface area contributed by atoms with Crippen LogP contribution in [0.15, 0.2) is 64.5 Å². The quantitative estimate of drug-likeness (QED) is 0.309. The molecule has 0 saturated carbocycles. The second-order valence-electron chi connectivity index (χ2n) is 7.31. The van der Waals surface area contributed by atoms with E-state index in [4.69, 9.17) is 0 Å². The average Bonchev–Trinajstić information content (AvgIpc) is 2.74. The molecule has 0 fully saturated rings. The van der Waals surface area contributed by atoms with Gasteiger partial charge in [0.1, 0.15) is 0 Å². The van der Waals surface area contributed by atoms with Gasteiger partial charge in [-0.05, 0) is 43.9 Å². The highest BCUT2D eigenvalue weighted by molar-refractivity contribution is 8.00. The molecular formula is C23H33N5OS. The molecule has 3 N–H and O–H groups in total. The van der Waals surface area contributed by atoms with Gasteiger partial charge in [-0.3, -0.25) is 9.79 Å². The van der Waals surface area contributed by atoms with E-state index in [2.05, 4.69) is 52.1 Å². The van der Waals surface area contributed by atoms with Crippen molar-refractivity contribution in [1.82, 2.24) is 20.9 Å². The summed E-state index contributed by atoms with van der Waals surface area (Å²) in [7, 11) is 5.74. The predicted octanol–water partition coefficient (Wildman–Crippen LogP) is 2.82. The normalized spacial score (nSPS) is 12.5. The van der Waals surface area contributed by atoms with Gasteiger partial charge in [-0.2, -0.15) is 0 Å². The number of aliphatic imine (C=N–C) groups is 1. The zero-order chi connectivity index (χ0) is 21.8. The molecule has 0 aliphatic rings. The summed E-state index contributed by atoms with van der Waals surface area (Å²) in [5.74, 6) is 0.698. The predicted molar refractivity (Wildman–Crippen MR) is 127 cm³/mol. The van der Waals surface area contributed by atoms with Gasteiger partial charge in [0.05, 0.1) is 0 Å². The molecule has 6 nitrogen and oxygen atoms in total. The molecule has 2 aromatic rings. The fourth-order valence-corrected chi connectivity index (χ4v) is 3.68. The molecule has 2 aromatic carbocycles. The van der Waals surface area contributed by atoms with E-state index < -0.39 is 0 Å². The summed E-state index contributed by atoms with van der Waals surface area (Å²) in [5, 5.41) is 10.0. The number of carbonyl (C=O) groups excluding carboxylic acids is 1. The second kappa shape index (κ2) is 12.9. The van der Waals surface area contributed by atoms with Gasteiger partial charge >= 0.3 is 0 Å². The highest BCUT2D eigenvalue weighted by Crippen LogP contribution is 2.21. The maximum Gasteiger partial charge on any atom is 0.251 e. The van der Waals surface area contributed by atoms with E-state index in [0.29, 0.717) is 23.9 Å². The number of amides is 1. The Kier molecular flexibility index (Phi) is 10.2. The Morgan fingerprint density at radius 1 is 1.07 bits per heavy atom. The molecule has 1 amide bonds. The van der Waals surface area contributed by atoms with E-state index in [1.165, 1.54) is 4.90 Å². The summed E-state index contributed by atoms with van der Waals surface area (Å²) in [6.45, 7) is 5.03. The van der Waals surface area contributed by atoms with Crippen LogP contribution < -0.4 is 16.0 Å². The van der Waals surface area contributed by atoms with Crippen LogP contribution in [0.5, 0.6) is 0 Å². The lowest BCUT2D eigenvalue weighted by Gasteiger charge is -2.16. The van der Waals surface area contributed by atoms with Crippen LogP contribution in [0.1, 0.15) is 22.8 Å². The number of likely N-dealkylation sites (N-methyl/N-ethyl adjacent to an activating group) is 1. The highest BCUT2D eigenvalue weighted by Gasteiger charge is 2.08. The van der Waals surface area contributed by atoms with Crippen LogP contribution in [0, 0.1) is 0 Å². The second-order valence-corrected chi connectivity index (χ2v) is 8.82. The van der Waals surface area contributed by atoms with Gasteiger partial charge in [-0.1, -0.05) is 37.3 Å². The zero-order valence-electron chi connectivity index (χ0n) is 18.3. The van der Waals surface area contributed by atoms with Crippen molar-refractivity contribution in [3.05, 3.63) is 65.7 Å². The molecule has 0 aliphatic heterocycles. The fraction of sp³-hybridized carbons (Fsp3) is 0.391. The van der Waals surface area contributed by atoms with E-state index in [9.17, 15) is 4.79 Å². The van der Waals surface area contributed by atoms with E-state index in [0.717, 1.165) is 24.6 Å². The molecule has 0 spiro atoms. The Bertz CT molecular complexity index is 810. The van der Waals surface area contributed by atoms with Crippen molar-refractivity contribution in [3.63, 3.8) is 0 Å². The first-order valence-corrected chi connectivity index (χ1v) is 11.0. The van der Waals surface area contributed by atoms with Crippen LogP contribution in [-0.2, 0) is 6.54 Å². The minimum Gasteiger partial charge on any atom is -0.355 e. The van der Waals surface area contributed by atoms with E-state index in [1.807, 2.05) is 61.1 Å². The van der Waals surface area contributed by atoms with Gasteiger partial charge in [0.25, 0.3) is 5.91 Å². The third-order valence-corrected chi connectivity index (χ3v) is 5.47. The number of nitrogens with one attached hydrogen (secondary N) is 3. The minimum absolute atomic E-state index is 0.0482. The van der Waals surface area contributed by atoms with Gasteiger partial charge in [0.2, 0.25) is 0 Å². The van der Waals surface area contributed by atoms with Crippen LogP contribution in [0.2, 0.25) is 0 Å². The molecule has 0 heterocycles. The minimum atomic E-state index is -0.0482. The summed E-state index contributed by atoms with van der Waals surface area (Å²) in [6.07, 6.45) is 0. The topological polar surface area (TPSA) is 68.8 Å². The van der Waals surface area contributed by atoms with Gasteiger partial charge in [0, 0.05) is 48.9 Å². The maximum absolute atomic E-state index is 12.3. The number of benzene rings is 2. The van der Waals surface area contributed by atoms with Crippen LogP contribution in [-0.4, -0.2) is 62.8 Å². The molecule has 30 heavy (non-hydrogen) atoms. The van der Waals surface area contributed by atoms with Gasteiger partial charge in [-0.15, -0.1) is 11.8 Å². The van der Waals surface area contributed by atoms with Crippen molar-refractivity contribution in [2.45, 2.75) is 23.6 Å². The Labute approximate surface area is 184 Å². The monoisotopic (exact) mass is 427 g/mol. The molecule has 162 valence electrons. The first kappa shape index (κ1) is 23.8.